The van der Waals surface area contributed by atoms with Crippen LogP contribution in [0.4, 0.5) is 0 Å². The van der Waals surface area contributed by atoms with Gasteiger partial charge in [-0.2, -0.15) is 0 Å². The second kappa shape index (κ2) is 31.6. The molecule has 0 radical (unpaired) electrons. The molecule has 0 saturated carbocycles. The number of hydrogen-bond donors (Lipinski definition) is 0. The zero-order chi connectivity index (χ0) is 85.7. The van der Waals surface area contributed by atoms with E-state index in [2.05, 4.69) is 510 Å². The van der Waals surface area contributed by atoms with Crippen LogP contribution in [0.15, 0.2) is 491 Å². The van der Waals surface area contributed by atoms with Gasteiger partial charge in [0.1, 0.15) is 0 Å². The molecule has 4 aromatic heterocycles. The Kier molecular flexibility index (Phi) is 18.4. The summed E-state index contributed by atoms with van der Waals surface area (Å²) in [4.78, 5) is 0. The first kappa shape index (κ1) is 75.6. The lowest BCUT2D eigenvalue weighted by molar-refractivity contribution is 0.850. The minimum Gasteiger partial charge on any atom is -0.310 e. The van der Waals surface area contributed by atoms with Crippen molar-refractivity contribution in [1.82, 2.24) is 18.3 Å². The number of para-hydroxylation sites is 2. The van der Waals surface area contributed by atoms with Gasteiger partial charge >= 0.3 is 0 Å². The van der Waals surface area contributed by atoms with Crippen LogP contribution in [0.2, 0.25) is 0 Å². The first-order valence-corrected chi connectivity index (χ1v) is 45.1. The van der Waals surface area contributed by atoms with Crippen LogP contribution < -0.4 is 0 Å². The number of fused-ring (bicyclic) bond motifs is 12. The molecule has 0 saturated heterocycles. The molecule has 608 valence electrons. The topological polar surface area (TPSA) is 19.7 Å². The van der Waals surface area contributed by atoms with E-state index >= 15 is 0 Å². The van der Waals surface area contributed by atoms with E-state index in [-0.39, 0.29) is 5.92 Å². The maximum atomic E-state index is 2.51. The third kappa shape index (κ3) is 13.4. The second-order valence-corrected chi connectivity index (χ2v) is 34.7. The Labute approximate surface area is 754 Å². The number of aromatic nitrogens is 4. The van der Waals surface area contributed by atoms with E-state index in [0.717, 1.165) is 84.4 Å². The van der Waals surface area contributed by atoms with Gasteiger partial charge in [0.2, 0.25) is 0 Å². The molecule has 0 amide bonds. The van der Waals surface area contributed by atoms with E-state index in [1.54, 1.807) is 0 Å². The first-order valence-electron chi connectivity index (χ1n) is 45.1. The molecular weight excluding hydrogens is 1570 g/mol. The average Bonchev–Trinajstić information content (AvgIpc) is 1.58. The lowest BCUT2D eigenvalue weighted by atomic mass is 9.87. The summed E-state index contributed by atoms with van der Waals surface area (Å²) in [6.45, 7) is 0. The first-order chi connectivity index (χ1) is 64.4. The fourth-order valence-electron chi connectivity index (χ4n) is 20.7. The predicted octanol–water partition coefficient (Wildman–Crippen LogP) is 34.0. The van der Waals surface area contributed by atoms with Gasteiger partial charge in [0.05, 0.1) is 44.1 Å². The van der Waals surface area contributed by atoms with Crippen LogP contribution in [-0.2, 0) is 0 Å². The highest BCUT2D eigenvalue weighted by atomic mass is 15.0. The van der Waals surface area contributed by atoms with Gasteiger partial charge < -0.3 is 18.3 Å². The minimum absolute atomic E-state index is 0.164. The van der Waals surface area contributed by atoms with Crippen LogP contribution in [0.1, 0.15) is 17.9 Å². The van der Waals surface area contributed by atoms with Crippen molar-refractivity contribution in [2.24, 2.45) is 0 Å². The zero-order valence-electron chi connectivity index (χ0n) is 71.3. The van der Waals surface area contributed by atoms with Crippen molar-refractivity contribution < 1.29 is 0 Å². The molecule has 1 unspecified atom stereocenters. The van der Waals surface area contributed by atoms with E-state index in [4.69, 9.17) is 0 Å². The summed E-state index contributed by atoms with van der Waals surface area (Å²) in [5.74, 6) is 0.164. The Balaban J connectivity index is 0.534. The molecule has 0 aliphatic heterocycles. The van der Waals surface area contributed by atoms with Gasteiger partial charge in [-0.3, -0.25) is 0 Å². The predicted molar refractivity (Wildman–Crippen MR) is 549 cm³/mol. The van der Waals surface area contributed by atoms with Crippen molar-refractivity contribution in [3.63, 3.8) is 0 Å². The lowest BCUT2D eigenvalue weighted by Crippen LogP contribution is -2.04. The largest absolute Gasteiger partial charge is 0.310 e. The summed E-state index contributed by atoms with van der Waals surface area (Å²) in [6.07, 6.45) is 8.13. The van der Waals surface area contributed by atoms with Crippen molar-refractivity contribution in [2.45, 2.75) is 12.3 Å². The molecule has 4 heteroatoms. The van der Waals surface area contributed by atoms with Crippen LogP contribution in [0.3, 0.4) is 0 Å². The Bertz CT molecular complexity index is 8540. The van der Waals surface area contributed by atoms with Crippen molar-refractivity contribution in [3.05, 3.63) is 497 Å². The van der Waals surface area contributed by atoms with Crippen LogP contribution in [0.25, 0.3) is 232 Å². The quantitative estimate of drug-likeness (QED) is 0.0919. The SMILES string of the molecule is C1=CC(n2c3ccc(-c4ccccc4)cc3c3cc(-c4ccc5c(c4)c4ccccc4n5-c4cccc(-c5cccc(-c6cccc(-n7c8ccccc8c8cc(-c9ccc%10c(c9)c9cc(-c%11ccccc%11)ccc9n%10-c9cccc(-c%10cc(-c%11ccccc%11)cc(-c%11ccccc%11)c%10)c9)ccc87)c6)c5)c4)ccc32)=CC(c2cc(-c3ccccc3)cc(-c3ccccc3)c2)C1. The summed E-state index contributed by atoms with van der Waals surface area (Å²) >= 11 is 0. The molecule has 1 aliphatic rings. The highest BCUT2D eigenvalue weighted by Gasteiger charge is 2.25. The maximum absolute atomic E-state index is 2.51. The molecule has 24 aromatic rings. The van der Waals surface area contributed by atoms with E-state index in [9.17, 15) is 0 Å². The molecule has 0 N–H and O–H groups in total. The zero-order valence-corrected chi connectivity index (χ0v) is 71.3. The fourth-order valence-corrected chi connectivity index (χ4v) is 20.7. The van der Waals surface area contributed by atoms with Crippen molar-refractivity contribution >= 4 is 92.9 Å². The molecule has 4 nitrogen and oxygen atoms in total. The van der Waals surface area contributed by atoms with Gasteiger partial charge in [0.15, 0.2) is 0 Å². The van der Waals surface area contributed by atoms with E-state index in [1.807, 2.05) is 0 Å². The monoisotopic (exact) mass is 1650 g/mol. The van der Waals surface area contributed by atoms with Crippen LogP contribution in [0, 0.1) is 0 Å². The molecule has 0 spiro atoms. The van der Waals surface area contributed by atoms with Gasteiger partial charge in [0, 0.05) is 71.8 Å². The van der Waals surface area contributed by atoms with Gasteiger partial charge in [-0.05, 0) is 292 Å². The van der Waals surface area contributed by atoms with E-state index in [0.29, 0.717) is 0 Å². The summed E-state index contributed by atoms with van der Waals surface area (Å²) in [5, 5.41) is 9.70. The Morgan fingerprint density at radius 3 is 0.715 bits per heavy atom. The highest BCUT2D eigenvalue weighted by Crippen LogP contribution is 2.47. The number of nitrogens with zero attached hydrogens (tertiary/aromatic N) is 4. The molecule has 1 aliphatic carbocycles. The second-order valence-electron chi connectivity index (χ2n) is 34.7. The normalized spacial score (nSPS) is 12.8. The number of hydrogen-bond acceptors (Lipinski definition) is 0. The molecular formula is C126H84N4. The summed E-state index contributed by atoms with van der Waals surface area (Å²) in [5.41, 5.74) is 41.2. The fraction of sp³-hybridized carbons (Fsp3) is 0.0159. The number of benzene rings is 20. The lowest BCUT2D eigenvalue weighted by Gasteiger charge is -2.21. The Morgan fingerprint density at radius 1 is 0.154 bits per heavy atom. The van der Waals surface area contributed by atoms with Crippen LogP contribution in [0.5, 0.6) is 0 Å². The number of rotatable bonds is 16. The molecule has 25 rings (SSSR count). The molecule has 20 aromatic carbocycles. The summed E-state index contributed by atoms with van der Waals surface area (Å²) < 4.78 is 9.87. The molecule has 0 fully saturated rings. The van der Waals surface area contributed by atoms with E-state index in [1.165, 1.54) is 160 Å². The van der Waals surface area contributed by atoms with Crippen LogP contribution in [-0.4, -0.2) is 18.3 Å². The highest BCUT2D eigenvalue weighted by molar-refractivity contribution is 6.16. The van der Waals surface area contributed by atoms with E-state index < -0.39 is 0 Å². The Hall–Kier alpha value is -16.9. The van der Waals surface area contributed by atoms with Crippen molar-refractivity contribution in [1.29, 1.82) is 0 Å². The standard InChI is InChI=1S/C126H84N4/c1-7-28-83(29-8-1)95-54-60-123-115(77-95)117-81-99(58-64-125(117)129(123)109-48-26-44-93(75-109)105-69-101(85-32-11-3-12-33-85)67-102(70-105)86-34-13-4-14-35-86)97-56-62-121-113(79-97)111-50-19-21-52-119(111)127(121)107-46-24-42-91(73-107)89-40-23-41-90(66-89)92-43-25-47-108(74-92)128-120-53-22-20-51-112(120)114-80-98(57-63-122(114)128)100-59-65-126-118(82-100)116-78-96(84-30-9-2-10-31-84)55-61-124(116)130(126)110-49-27-45-94(76-110)106-71-103(87-36-15-5-16-37-87)68-104(72-106)88-38-17-6-18-39-88/h1-44,46-82,94H,45H2. The van der Waals surface area contributed by atoms with Crippen LogP contribution >= 0.6 is 0 Å². The van der Waals surface area contributed by atoms with Crippen molar-refractivity contribution in [2.75, 3.05) is 0 Å². The third-order valence-corrected chi connectivity index (χ3v) is 27.0. The summed E-state index contributed by atoms with van der Waals surface area (Å²) in [7, 11) is 0. The third-order valence-electron chi connectivity index (χ3n) is 27.0. The smallest absolute Gasteiger partial charge is 0.0541 e. The minimum atomic E-state index is 0.164. The molecule has 130 heavy (non-hydrogen) atoms. The number of allylic oxidation sites excluding steroid dienone is 4. The van der Waals surface area contributed by atoms with Gasteiger partial charge in [0.25, 0.3) is 0 Å². The molecule has 4 heterocycles. The van der Waals surface area contributed by atoms with Gasteiger partial charge in [-0.25, -0.2) is 0 Å². The Morgan fingerprint density at radius 2 is 0.377 bits per heavy atom. The maximum Gasteiger partial charge on any atom is 0.0541 e. The van der Waals surface area contributed by atoms with Gasteiger partial charge in [-0.1, -0.05) is 334 Å². The summed E-state index contributed by atoms with van der Waals surface area (Å²) in [6, 6.07) is 175. The average molecular weight is 1650 g/mol. The molecule has 1 atom stereocenters. The van der Waals surface area contributed by atoms with Crippen molar-refractivity contribution in [3.8, 4) is 139 Å². The molecule has 0 bridgehead atoms. The van der Waals surface area contributed by atoms with Gasteiger partial charge in [-0.15, -0.1) is 0 Å².